The molecular weight excluding hydrogens is 220 g/mol. The molecule has 2 rings (SSSR count). The van der Waals surface area contributed by atoms with E-state index in [1.165, 1.54) is 7.11 Å². The lowest BCUT2D eigenvalue weighted by molar-refractivity contribution is 0.179. The molecule has 5 heteroatoms. The second-order valence-corrected chi connectivity index (χ2v) is 3.90. The van der Waals surface area contributed by atoms with Crippen molar-refractivity contribution in [1.29, 1.82) is 0 Å². The van der Waals surface area contributed by atoms with Crippen molar-refractivity contribution in [3.8, 4) is 0 Å². The lowest BCUT2D eigenvalue weighted by Gasteiger charge is -2.15. The zero-order valence-corrected chi connectivity index (χ0v) is 9.80. The van der Waals surface area contributed by atoms with Gasteiger partial charge in [-0.15, -0.1) is 0 Å². The van der Waals surface area contributed by atoms with Gasteiger partial charge in [-0.25, -0.2) is 4.79 Å². The van der Waals surface area contributed by atoms with Crippen LogP contribution in [0.2, 0.25) is 0 Å². The van der Waals surface area contributed by atoms with E-state index < -0.39 is 0 Å². The largest absolute Gasteiger partial charge is 0.452 e. The molecule has 1 aromatic carbocycles. The topological polar surface area (TPSA) is 62.1 Å². The van der Waals surface area contributed by atoms with Gasteiger partial charge >= 0.3 is 6.09 Å². The average Bonchev–Trinajstić information content (AvgIpc) is 2.79. The van der Waals surface area contributed by atoms with Gasteiger partial charge in [0.25, 0.3) is 0 Å². The minimum atomic E-state index is -0.343. The number of carbonyl (C=O) groups is 1. The van der Waals surface area contributed by atoms with Crippen molar-refractivity contribution in [2.24, 2.45) is 5.16 Å². The maximum absolute atomic E-state index is 11.5. The molecule has 0 saturated carbocycles. The fourth-order valence-electron chi connectivity index (χ4n) is 1.98. The Labute approximate surface area is 99.3 Å². The maximum atomic E-state index is 11.5. The van der Waals surface area contributed by atoms with Crippen LogP contribution in [-0.4, -0.2) is 30.7 Å². The average molecular weight is 234 g/mol. The number of benzene rings is 1. The monoisotopic (exact) mass is 234 g/mol. The van der Waals surface area contributed by atoms with Crippen molar-refractivity contribution in [2.45, 2.75) is 13.3 Å². The third kappa shape index (κ3) is 1.95. The highest BCUT2D eigenvalue weighted by molar-refractivity contribution is 5.99. The molecule has 17 heavy (non-hydrogen) atoms. The first-order chi connectivity index (χ1) is 8.17. The quantitative estimate of drug-likeness (QED) is 0.459. The third-order valence-electron chi connectivity index (χ3n) is 2.94. The lowest BCUT2D eigenvalue weighted by atomic mass is 10.1. The Kier molecular flexibility index (Phi) is 2.99. The Morgan fingerprint density at radius 1 is 1.53 bits per heavy atom. The van der Waals surface area contributed by atoms with Gasteiger partial charge in [0, 0.05) is 6.54 Å². The van der Waals surface area contributed by atoms with Gasteiger partial charge in [-0.2, -0.15) is 0 Å². The van der Waals surface area contributed by atoms with E-state index in [2.05, 4.69) is 5.16 Å². The van der Waals surface area contributed by atoms with E-state index in [1.54, 1.807) is 11.8 Å². The molecule has 1 N–H and O–H groups in total. The van der Waals surface area contributed by atoms with Crippen molar-refractivity contribution in [2.75, 3.05) is 18.6 Å². The van der Waals surface area contributed by atoms with Gasteiger partial charge in [-0.3, -0.25) is 4.90 Å². The van der Waals surface area contributed by atoms with Gasteiger partial charge in [0.05, 0.1) is 18.5 Å². The molecule has 0 bridgehead atoms. The normalized spacial score (nSPS) is 14.7. The van der Waals surface area contributed by atoms with E-state index in [4.69, 9.17) is 9.94 Å². The number of carbonyl (C=O) groups excluding carboxylic acids is 1. The smallest absolute Gasteiger partial charge is 0.414 e. The summed E-state index contributed by atoms with van der Waals surface area (Å²) in [6.45, 7) is 2.36. The summed E-state index contributed by atoms with van der Waals surface area (Å²) in [6, 6.07) is 5.62. The lowest BCUT2D eigenvalue weighted by Crippen LogP contribution is -2.28. The van der Waals surface area contributed by atoms with Crippen molar-refractivity contribution >= 4 is 17.5 Å². The highest BCUT2D eigenvalue weighted by Gasteiger charge is 2.25. The van der Waals surface area contributed by atoms with Crippen molar-refractivity contribution in [1.82, 2.24) is 0 Å². The van der Waals surface area contributed by atoms with Gasteiger partial charge in [0.15, 0.2) is 0 Å². The van der Waals surface area contributed by atoms with Crippen LogP contribution in [0.5, 0.6) is 0 Å². The number of ether oxygens (including phenoxy) is 1. The molecule has 0 fully saturated rings. The summed E-state index contributed by atoms with van der Waals surface area (Å²) in [5.41, 5.74) is 3.35. The first-order valence-electron chi connectivity index (χ1n) is 5.35. The highest BCUT2D eigenvalue weighted by Crippen LogP contribution is 2.29. The van der Waals surface area contributed by atoms with Crippen LogP contribution in [0.3, 0.4) is 0 Å². The van der Waals surface area contributed by atoms with Gasteiger partial charge in [-0.05, 0) is 36.6 Å². The summed E-state index contributed by atoms with van der Waals surface area (Å²) in [4.78, 5) is 13.1. The number of hydrogen-bond donors (Lipinski definition) is 1. The zero-order chi connectivity index (χ0) is 12.4. The predicted molar refractivity (Wildman–Crippen MR) is 63.9 cm³/mol. The number of fused-ring (bicyclic) bond motifs is 1. The van der Waals surface area contributed by atoms with Gasteiger partial charge in [0.2, 0.25) is 0 Å². The van der Waals surface area contributed by atoms with E-state index in [0.29, 0.717) is 12.3 Å². The van der Waals surface area contributed by atoms with E-state index in [9.17, 15) is 4.79 Å². The van der Waals surface area contributed by atoms with Gasteiger partial charge in [0.1, 0.15) is 0 Å². The molecule has 0 aliphatic carbocycles. The molecule has 1 heterocycles. The van der Waals surface area contributed by atoms with Crippen molar-refractivity contribution in [3.05, 3.63) is 29.3 Å². The molecule has 0 aromatic heterocycles. The van der Waals surface area contributed by atoms with Crippen molar-refractivity contribution < 1.29 is 14.7 Å². The summed E-state index contributed by atoms with van der Waals surface area (Å²) in [6.07, 6.45) is 0.445. The van der Waals surface area contributed by atoms with E-state index in [0.717, 1.165) is 23.2 Å². The number of nitrogens with zero attached hydrogens (tertiary/aromatic N) is 2. The minimum Gasteiger partial charge on any atom is -0.452 e. The molecule has 1 amide bonds. The van der Waals surface area contributed by atoms with Crippen LogP contribution in [-0.2, 0) is 11.2 Å². The SMILES string of the molecule is COC(=O)N1CCc2cc(/C(C)=N\O)ccc21. The van der Waals surface area contributed by atoms with Crippen LogP contribution < -0.4 is 4.90 Å². The molecule has 5 nitrogen and oxygen atoms in total. The molecule has 1 aliphatic heterocycles. The molecule has 0 unspecified atom stereocenters. The van der Waals surface area contributed by atoms with E-state index in [-0.39, 0.29) is 6.09 Å². The molecular formula is C12H14N2O3. The van der Waals surface area contributed by atoms with Crippen LogP contribution in [0.1, 0.15) is 18.1 Å². The summed E-state index contributed by atoms with van der Waals surface area (Å²) >= 11 is 0. The second-order valence-electron chi connectivity index (χ2n) is 3.90. The Morgan fingerprint density at radius 2 is 2.29 bits per heavy atom. The molecule has 1 aliphatic rings. The van der Waals surface area contributed by atoms with Crippen LogP contribution in [0.15, 0.2) is 23.4 Å². The predicted octanol–water partition coefficient (Wildman–Crippen LogP) is 2.01. The zero-order valence-electron chi connectivity index (χ0n) is 9.80. The number of oxime groups is 1. The molecule has 0 atom stereocenters. The van der Waals surface area contributed by atoms with Gasteiger partial charge < -0.3 is 9.94 Å². The summed E-state index contributed by atoms with van der Waals surface area (Å²) in [7, 11) is 1.37. The molecule has 1 aromatic rings. The standard InChI is InChI=1S/C12H14N2O3/c1-8(13-16)9-3-4-11-10(7-9)5-6-14(11)12(15)17-2/h3-4,7,16H,5-6H2,1-2H3/b13-8-. The number of amides is 1. The Hall–Kier alpha value is -2.04. The number of rotatable bonds is 1. The maximum Gasteiger partial charge on any atom is 0.414 e. The summed E-state index contributed by atoms with van der Waals surface area (Å²) in [5, 5.41) is 11.9. The van der Waals surface area contributed by atoms with E-state index >= 15 is 0 Å². The molecule has 0 spiro atoms. The van der Waals surface area contributed by atoms with Crippen molar-refractivity contribution in [3.63, 3.8) is 0 Å². The van der Waals surface area contributed by atoms with Gasteiger partial charge in [-0.1, -0.05) is 11.2 Å². The highest BCUT2D eigenvalue weighted by atomic mass is 16.5. The Balaban J connectivity index is 2.35. The molecule has 0 saturated heterocycles. The summed E-state index contributed by atoms with van der Waals surface area (Å²) in [5.74, 6) is 0. The number of methoxy groups -OCH3 is 1. The van der Waals surface area contributed by atoms with Crippen LogP contribution in [0, 0.1) is 0 Å². The summed E-state index contributed by atoms with van der Waals surface area (Å²) < 4.78 is 4.71. The number of anilines is 1. The van der Waals surface area contributed by atoms with Crippen LogP contribution in [0.25, 0.3) is 0 Å². The third-order valence-corrected chi connectivity index (χ3v) is 2.94. The molecule has 0 radical (unpaired) electrons. The van der Waals surface area contributed by atoms with Crippen LogP contribution >= 0.6 is 0 Å². The minimum absolute atomic E-state index is 0.343. The molecule has 90 valence electrons. The Bertz CT molecular complexity index is 483. The first kappa shape index (κ1) is 11.4. The van der Waals surface area contributed by atoms with E-state index in [1.807, 2.05) is 18.2 Å². The van der Waals surface area contributed by atoms with Crippen LogP contribution in [0.4, 0.5) is 10.5 Å². The first-order valence-corrected chi connectivity index (χ1v) is 5.35. The fraction of sp³-hybridized carbons (Fsp3) is 0.333. The second kappa shape index (κ2) is 4.45. The Morgan fingerprint density at radius 3 is 2.94 bits per heavy atom. The number of hydrogen-bond acceptors (Lipinski definition) is 4. The fourth-order valence-corrected chi connectivity index (χ4v) is 1.98.